The smallest absolute Gasteiger partial charge is 0.197 e. The summed E-state index contributed by atoms with van der Waals surface area (Å²) in [6.07, 6.45) is 3.25. The molecule has 4 rings (SSSR count). The molecule has 0 saturated carbocycles. The summed E-state index contributed by atoms with van der Waals surface area (Å²) >= 11 is 0. The van der Waals surface area contributed by atoms with Gasteiger partial charge in [0, 0.05) is 25.2 Å². The highest BCUT2D eigenvalue weighted by Gasteiger charge is 2.11. The van der Waals surface area contributed by atoms with Crippen LogP contribution in [-0.2, 0) is 0 Å². The molecule has 0 amide bonds. The van der Waals surface area contributed by atoms with Crippen molar-refractivity contribution in [2.45, 2.75) is 0 Å². The molecule has 25 heavy (non-hydrogen) atoms. The van der Waals surface area contributed by atoms with Crippen molar-refractivity contribution < 1.29 is 4.42 Å². The van der Waals surface area contributed by atoms with E-state index in [4.69, 9.17) is 4.42 Å². The van der Waals surface area contributed by atoms with Crippen LogP contribution in [0.1, 0.15) is 5.56 Å². The van der Waals surface area contributed by atoms with Crippen molar-refractivity contribution in [3.8, 4) is 0 Å². The molecule has 0 fully saturated rings. The number of furan rings is 1. The van der Waals surface area contributed by atoms with Crippen molar-refractivity contribution >= 4 is 39.8 Å². The van der Waals surface area contributed by atoms with Crippen molar-refractivity contribution in [2.75, 3.05) is 24.4 Å². The van der Waals surface area contributed by atoms with Gasteiger partial charge < -0.3 is 9.32 Å². The van der Waals surface area contributed by atoms with Gasteiger partial charge in [-0.05, 0) is 29.8 Å². The van der Waals surface area contributed by atoms with Crippen LogP contribution in [0.2, 0.25) is 0 Å². The quantitative estimate of drug-likeness (QED) is 0.454. The molecule has 1 N–H and O–H groups in total. The SMILES string of the molecule is CN(C)c1ccc(/C=N\Nc2ncnc3c2oc2ccccc23)cc1. The van der Waals surface area contributed by atoms with Gasteiger partial charge >= 0.3 is 0 Å². The number of nitrogens with zero attached hydrogens (tertiary/aromatic N) is 4. The maximum Gasteiger partial charge on any atom is 0.197 e. The van der Waals surface area contributed by atoms with Crippen LogP contribution in [0, 0.1) is 0 Å². The Hall–Kier alpha value is -3.41. The number of para-hydroxylation sites is 1. The van der Waals surface area contributed by atoms with Crippen molar-refractivity contribution in [2.24, 2.45) is 5.10 Å². The summed E-state index contributed by atoms with van der Waals surface area (Å²) in [7, 11) is 4.02. The maximum atomic E-state index is 5.86. The third-order valence-corrected chi connectivity index (χ3v) is 3.95. The molecule has 2 aromatic carbocycles. The molecule has 124 valence electrons. The Morgan fingerprint density at radius 2 is 1.84 bits per heavy atom. The Morgan fingerprint density at radius 3 is 2.64 bits per heavy atom. The number of fused-ring (bicyclic) bond motifs is 3. The molecule has 2 heterocycles. The van der Waals surface area contributed by atoms with E-state index in [9.17, 15) is 0 Å². The fourth-order valence-electron chi connectivity index (χ4n) is 2.63. The van der Waals surface area contributed by atoms with Gasteiger partial charge in [0.15, 0.2) is 11.4 Å². The summed E-state index contributed by atoms with van der Waals surface area (Å²) in [4.78, 5) is 10.6. The number of benzene rings is 2. The van der Waals surface area contributed by atoms with Crippen molar-refractivity contribution in [1.29, 1.82) is 0 Å². The van der Waals surface area contributed by atoms with Crippen LogP contribution < -0.4 is 10.3 Å². The van der Waals surface area contributed by atoms with E-state index in [0.29, 0.717) is 11.4 Å². The molecule has 0 atom stereocenters. The number of hydrogen-bond donors (Lipinski definition) is 1. The van der Waals surface area contributed by atoms with Crippen molar-refractivity contribution in [3.63, 3.8) is 0 Å². The predicted molar refractivity (Wildman–Crippen MR) is 101 cm³/mol. The molecule has 0 unspecified atom stereocenters. The topological polar surface area (TPSA) is 66.5 Å². The zero-order valence-electron chi connectivity index (χ0n) is 14.0. The number of hydrogen-bond acceptors (Lipinski definition) is 6. The lowest BCUT2D eigenvalue weighted by Gasteiger charge is -2.11. The monoisotopic (exact) mass is 331 g/mol. The highest BCUT2D eigenvalue weighted by Crippen LogP contribution is 2.30. The molecule has 2 aromatic heterocycles. The van der Waals surface area contributed by atoms with Crippen LogP contribution >= 0.6 is 0 Å². The number of nitrogens with one attached hydrogen (secondary N) is 1. The molecular weight excluding hydrogens is 314 g/mol. The van der Waals surface area contributed by atoms with Gasteiger partial charge in [0.25, 0.3) is 0 Å². The molecule has 0 radical (unpaired) electrons. The molecule has 0 aliphatic carbocycles. The lowest BCUT2D eigenvalue weighted by molar-refractivity contribution is 0.667. The summed E-state index contributed by atoms with van der Waals surface area (Å²) in [5.41, 5.74) is 7.24. The van der Waals surface area contributed by atoms with Gasteiger partial charge in [0.2, 0.25) is 0 Å². The first kappa shape index (κ1) is 15.1. The number of hydrazone groups is 1. The first-order valence-corrected chi connectivity index (χ1v) is 7.91. The van der Waals surface area contributed by atoms with E-state index in [0.717, 1.165) is 27.7 Å². The number of aromatic nitrogens is 2. The molecular formula is C19H17N5O. The first-order chi connectivity index (χ1) is 12.2. The Bertz CT molecular complexity index is 1050. The van der Waals surface area contributed by atoms with Gasteiger partial charge in [-0.15, -0.1) is 0 Å². The molecule has 0 saturated heterocycles. The summed E-state index contributed by atoms with van der Waals surface area (Å²) in [6.45, 7) is 0. The fraction of sp³-hybridized carbons (Fsp3) is 0.105. The second-order valence-corrected chi connectivity index (χ2v) is 5.85. The van der Waals surface area contributed by atoms with Gasteiger partial charge in [0.05, 0.1) is 6.21 Å². The van der Waals surface area contributed by atoms with E-state index in [1.165, 1.54) is 6.33 Å². The molecule has 4 aromatic rings. The third-order valence-electron chi connectivity index (χ3n) is 3.95. The van der Waals surface area contributed by atoms with E-state index in [2.05, 4.69) is 25.4 Å². The van der Waals surface area contributed by atoms with Gasteiger partial charge in [0.1, 0.15) is 17.4 Å². The lowest BCUT2D eigenvalue weighted by atomic mass is 10.2. The summed E-state index contributed by atoms with van der Waals surface area (Å²) in [6, 6.07) is 15.9. The van der Waals surface area contributed by atoms with Gasteiger partial charge in [-0.2, -0.15) is 5.10 Å². The Balaban J connectivity index is 1.60. The molecule has 0 aliphatic heterocycles. The Morgan fingerprint density at radius 1 is 1.04 bits per heavy atom. The maximum absolute atomic E-state index is 5.86. The zero-order chi connectivity index (χ0) is 17.2. The van der Waals surface area contributed by atoms with Crippen LogP contribution in [-0.4, -0.2) is 30.3 Å². The highest BCUT2D eigenvalue weighted by molar-refractivity contribution is 6.05. The second kappa shape index (κ2) is 6.24. The van der Waals surface area contributed by atoms with Gasteiger partial charge in [-0.3, -0.25) is 5.43 Å². The van der Waals surface area contributed by atoms with Crippen molar-refractivity contribution in [1.82, 2.24) is 9.97 Å². The first-order valence-electron chi connectivity index (χ1n) is 7.91. The molecule has 0 aliphatic rings. The normalized spacial score (nSPS) is 11.4. The van der Waals surface area contributed by atoms with Crippen LogP contribution in [0.15, 0.2) is 64.4 Å². The number of anilines is 2. The van der Waals surface area contributed by atoms with Crippen molar-refractivity contribution in [3.05, 3.63) is 60.4 Å². The van der Waals surface area contributed by atoms with E-state index in [1.807, 2.05) is 62.6 Å². The standard InChI is InChI=1S/C19H17N5O/c1-24(2)14-9-7-13(8-10-14)11-22-23-19-18-17(20-12-21-19)15-5-3-4-6-16(15)25-18/h3-12H,1-2H3,(H,20,21,23)/b22-11-. The summed E-state index contributed by atoms with van der Waals surface area (Å²) < 4.78 is 5.86. The van der Waals surface area contributed by atoms with Crippen LogP contribution in [0.3, 0.4) is 0 Å². The largest absolute Gasteiger partial charge is 0.450 e. The Kier molecular flexibility index (Phi) is 3.78. The molecule has 0 spiro atoms. The van der Waals surface area contributed by atoms with Crippen LogP contribution in [0.4, 0.5) is 11.5 Å². The minimum atomic E-state index is 0.544. The number of rotatable bonds is 4. The summed E-state index contributed by atoms with van der Waals surface area (Å²) in [5, 5.41) is 5.23. The lowest BCUT2D eigenvalue weighted by Crippen LogP contribution is -2.08. The Labute approximate surface area is 144 Å². The van der Waals surface area contributed by atoms with E-state index < -0.39 is 0 Å². The predicted octanol–water partition coefficient (Wildman–Crippen LogP) is 3.89. The molecule has 6 nitrogen and oxygen atoms in total. The minimum Gasteiger partial charge on any atom is -0.450 e. The molecule has 0 bridgehead atoms. The van der Waals surface area contributed by atoms with E-state index in [1.54, 1.807) is 6.21 Å². The van der Waals surface area contributed by atoms with Gasteiger partial charge in [-0.1, -0.05) is 24.3 Å². The fourth-order valence-corrected chi connectivity index (χ4v) is 2.63. The van der Waals surface area contributed by atoms with E-state index >= 15 is 0 Å². The second-order valence-electron chi connectivity index (χ2n) is 5.85. The third kappa shape index (κ3) is 2.89. The average Bonchev–Trinajstić information content (AvgIpc) is 3.02. The average molecular weight is 331 g/mol. The zero-order valence-corrected chi connectivity index (χ0v) is 14.0. The molecule has 6 heteroatoms. The highest BCUT2D eigenvalue weighted by atomic mass is 16.3. The summed E-state index contributed by atoms with van der Waals surface area (Å²) in [5.74, 6) is 0.544. The minimum absolute atomic E-state index is 0.544. The van der Waals surface area contributed by atoms with Crippen LogP contribution in [0.5, 0.6) is 0 Å². The van der Waals surface area contributed by atoms with Crippen LogP contribution in [0.25, 0.3) is 22.1 Å². The van der Waals surface area contributed by atoms with E-state index in [-0.39, 0.29) is 0 Å². The van der Waals surface area contributed by atoms with Gasteiger partial charge in [-0.25, -0.2) is 9.97 Å².